The first-order valence-electron chi connectivity index (χ1n) is 8.20. The summed E-state index contributed by atoms with van der Waals surface area (Å²) in [5.74, 6) is -3.07. The molecule has 8 heteroatoms. The predicted octanol–water partition coefficient (Wildman–Crippen LogP) is 5.17. The third-order valence-corrected chi connectivity index (χ3v) is 3.45. The topological polar surface area (TPSA) is 59.1 Å². The van der Waals surface area contributed by atoms with Crippen LogP contribution in [0.2, 0.25) is 0 Å². The van der Waals surface area contributed by atoms with Crippen molar-refractivity contribution in [2.75, 3.05) is 10.6 Å². The molecule has 5 nitrogen and oxygen atoms in total. The molecule has 0 radical (unpaired) electrons. The van der Waals surface area contributed by atoms with Crippen molar-refractivity contribution in [3.05, 3.63) is 66.1 Å². The van der Waals surface area contributed by atoms with Crippen molar-refractivity contribution in [2.45, 2.75) is 20.0 Å². The van der Waals surface area contributed by atoms with E-state index in [1.54, 1.807) is 12.1 Å². The number of halogens is 3. The molecule has 0 fully saturated rings. The smallest absolute Gasteiger partial charge is 0.229 e. The highest BCUT2D eigenvalue weighted by atomic mass is 19.2. The van der Waals surface area contributed by atoms with Gasteiger partial charge < -0.3 is 15.4 Å². The quantitative estimate of drug-likeness (QED) is 0.583. The van der Waals surface area contributed by atoms with E-state index in [0.29, 0.717) is 11.4 Å². The first-order chi connectivity index (χ1) is 12.9. The molecular formula is C19H17F3N4O. The van der Waals surface area contributed by atoms with Crippen LogP contribution in [-0.2, 0) is 0 Å². The van der Waals surface area contributed by atoms with E-state index in [1.165, 1.54) is 12.3 Å². The second kappa shape index (κ2) is 7.94. The number of anilines is 4. The fourth-order valence-corrected chi connectivity index (χ4v) is 2.30. The van der Waals surface area contributed by atoms with Gasteiger partial charge in [0.05, 0.1) is 17.5 Å². The molecule has 0 spiro atoms. The van der Waals surface area contributed by atoms with E-state index in [4.69, 9.17) is 4.74 Å². The number of hydrogen-bond donors (Lipinski definition) is 2. The zero-order valence-corrected chi connectivity index (χ0v) is 14.6. The van der Waals surface area contributed by atoms with Gasteiger partial charge in [-0.15, -0.1) is 0 Å². The molecule has 0 amide bonds. The van der Waals surface area contributed by atoms with Crippen molar-refractivity contribution in [3.63, 3.8) is 0 Å². The van der Waals surface area contributed by atoms with Crippen molar-refractivity contribution >= 4 is 23.1 Å². The van der Waals surface area contributed by atoms with Gasteiger partial charge >= 0.3 is 0 Å². The molecule has 3 aromatic rings. The van der Waals surface area contributed by atoms with Gasteiger partial charge in [-0.25, -0.2) is 18.2 Å². The first-order valence-corrected chi connectivity index (χ1v) is 8.20. The van der Waals surface area contributed by atoms with E-state index in [1.807, 2.05) is 26.0 Å². The molecule has 0 bridgehead atoms. The highest BCUT2D eigenvalue weighted by Crippen LogP contribution is 2.28. The molecule has 3 rings (SSSR count). The molecule has 1 aromatic heterocycles. The SMILES string of the molecule is CC(C)Oc1ccccc1Nc1nccc(Nc2ccc(F)c(F)c2F)n1. The molecule has 140 valence electrons. The summed E-state index contributed by atoms with van der Waals surface area (Å²) in [6, 6.07) is 10.7. The largest absolute Gasteiger partial charge is 0.489 e. The van der Waals surface area contributed by atoms with Crippen LogP contribution in [0, 0.1) is 17.5 Å². The molecular weight excluding hydrogens is 357 g/mol. The summed E-state index contributed by atoms with van der Waals surface area (Å²) in [7, 11) is 0. The summed E-state index contributed by atoms with van der Waals surface area (Å²) in [5, 5.41) is 5.63. The van der Waals surface area contributed by atoms with Crippen LogP contribution < -0.4 is 15.4 Å². The normalized spacial score (nSPS) is 10.7. The minimum Gasteiger partial charge on any atom is -0.489 e. The standard InChI is InChI=1S/C19H17F3N4O/c1-11(2)27-15-6-4-3-5-13(15)25-19-23-10-9-16(26-19)24-14-8-7-12(20)17(21)18(14)22/h3-11H,1-2H3,(H2,23,24,25,26). The Balaban J connectivity index is 1.82. The Morgan fingerprint density at radius 1 is 0.889 bits per heavy atom. The first kappa shape index (κ1) is 18.5. The fourth-order valence-electron chi connectivity index (χ4n) is 2.30. The third-order valence-electron chi connectivity index (χ3n) is 3.45. The Bertz CT molecular complexity index is 950. The van der Waals surface area contributed by atoms with Crippen molar-refractivity contribution in [1.82, 2.24) is 9.97 Å². The summed E-state index contributed by atoms with van der Waals surface area (Å²) in [5.41, 5.74) is 0.421. The number of nitrogens with one attached hydrogen (secondary N) is 2. The lowest BCUT2D eigenvalue weighted by Crippen LogP contribution is -2.08. The van der Waals surface area contributed by atoms with Crippen molar-refractivity contribution in [2.24, 2.45) is 0 Å². The Hall–Kier alpha value is -3.29. The van der Waals surface area contributed by atoms with Crippen molar-refractivity contribution in [3.8, 4) is 5.75 Å². The van der Waals surface area contributed by atoms with Gasteiger partial charge in [0, 0.05) is 6.20 Å². The molecule has 27 heavy (non-hydrogen) atoms. The highest BCUT2D eigenvalue weighted by molar-refractivity contribution is 5.64. The summed E-state index contributed by atoms with van der Waals surface area (Å²) in [4.78, 5) is 8.31. The van der Waals surface area contributed by atoms with E-state index in [9.17, 15) is 13.2 Å². The molecule has 0 aliphatic rings. The lowest BCUT2D eigenvalue weighted by atomic mass is 10.3. The van der Waals surface area contributed by atoms with E-state index in [-0.39, 0.29) is 23.6 Å². The maximum absolute atomic E-state index is 13.8. The fraction of sp³-hybridized carbons (Fsp3) is 0.158. The molecule has 0 aliphatic heterocycles. The number of nitrogens with zero attached hydrogens (tertiary/aromatic N) is 2. The maximum Gasteiger partial charge on any atom is 0.229 e. The molecule has 1 heterocycles. The average molecular weight is 374 g/mol. The van der Waals surface area contributed by atoms with Crippen LogP contribution in [0.5, 0.6) is 5.75 Å². The second-order valence-electron chi connectivity index (χ2n) is 5.90. The van der Waals surface area contributed by atoms with Gasteiger partial charge in [-0.1, -0.05) is 12.1 Å². The Morgan fingerprint density at radius 2 is 1.67 bits per heavy atom. The summed E-state index contributed by atoms with van der Waals surface area (Å²) >= 11 is 0. The predicted molar refractivity (Wildman–Crippen MR) is 97.1 cm³/mol. The zero-order valence-electron chi connectivity index (χ0n) is 14.6. The Labute approximate surface area is 154 Å². The lowest BCUT2D eigenvalue weighted by Gasteiger charge is -2.15. The van der Waals surface area contributed by atoms with Gasteiger partial charge in [0.2, 0.25) is 5.95 Å². The molecule has 0 aliphatic carbocycles. The molecule has 2 aromatic carbocycles. The van der Waals surface area contributed by atoms with E-state index in [2.05, 4.69) is 20.6 Å². The Morgan fingerprint density at radius 3 is 2.44 bits per heavy atom. The number of para-hydroxylation sites is 2. The summed E-state index contributed by atoms with van der Waals surface area (Å²) < 4.78 is 45.9. The maximum atomic E-state index is 13.8. The minimum atomic E-state index is -1.55. The summed E-state index contributed by atoms with van der Waals surface area (Å²) in [6.45, 7) is 3.82. The van der Waals surface area contributed by atoms with Crippen LogP contribution in [0.3, 0.4) is 0 Å². The van der Waals surface area contributed by atoms with Gasteiger partial charge in [-0.3, -0.25) is 0 Å². The van der Waals surface area contributed by atoms with Gasteiger partial charge in [0.15, 0.2) is 17.5 Å². The molecule has 0 saturated heterocycles. The number of aromatic nitrogens is 2. The van der Waals surface area contributed by atoms with Crippen LogP contribution in [-0.4, -0.2) is 16.1 Å². The van der Waals surface area contributed by atoms with Crippen molar-refractivity contribution in [1.29, 1.82) is 0 Å². The van der Waals surface area contributed by atoms with E-state index >= 15 is 0 Å². The van der Waals surface area contributed by atoms with Crippen LogP contribution in [0.25, 0.3) is 0 Å². The monoisotopic (exact) mass is 374 g/mol. The molecule has 2 N–H and O–H groups in total. The van der Waals surface area contributed by atoms with Gasteiger partial charge in [-0.05, 0) is 44.2 Å². The van der Waals surface area contributed by atoms with Crippen molar-refractivity contribution < 1.29 is 17.9 Å². The van der Waals surface area contributed by atoms with E-state index in [0.717, 1.165) is 12.1 Å². The zero-order chi connectivity index (χ0) is 19.4. The molecule has 0 saturated carbocycles. The number of benzene rings is 2. The van der Waals surface area contributed by atoms with Crippen LogP contribution in [0.1, 0.15) is 13.8 Å². The third kappa shape index (κ3) is 4.46. The van der Waals surface area contributed by atoms with Gasteiger partial charge in [0.25, 0.3) is 0 Å². The van der Waals surface area contributed by atoms with Gasteiger partial charge in [-0.2, -0.15) is 4.98 Å². The highest BCUT2D eigenvalue weighted by Gasteiger charge is 2.14. The molecule has 0 unspecified atom stereocenters. The van der Waals surface area contributed by atoms with Crippen LogP contribution in [0.4, 0.5) is 36.3 Å². The van der Waals surface area contributed by atoms with Gasteiger partial charge in [0.1, 0.15) is 11.6 Å². The van der Waals surface area contributed by atoms with E-state index < -0.39 is 17.5 Å². The van der Waals surface area contributed by atoms with Crippen LogP contribution >= 0.6 is 0 Å². The number of ether oxygens (including phenoxy) is 1. The Kier molecular flexibility index (Phi) is 5.44. The number of hydrogen-bond acceptors (Lipinski definition) is 5. The average Bonchev–Trinajstić information content (AvgIpc) is 2.64. The van der Waals surface area contributed by atoms with Crippen LogP contribution in [0.15, 0.2) is 48.7 Å². The lowest BCUT2D eigenvalue weighted by molar-refractivity contribution is 0.244. The second-order valence-corrected chi connectivity index (χ2v) is 5.90. The molecule has 0 atom stereocenters. The number of rotatable bonds is 6. The minimum absolute atomic E-state index is 0.0155. The summed E-state index contributed by atoms with van der Waals surface area (Å²) in [6.07, 6.45) is 1.43.